The maximum Gasteiger partial charge on any atom is 0.311 e. The summed E-state index contributed by atoms with van der Waals surface area (Å²) in [5.74, 6) is -1.29. The molecule has 1 amide bonds. The molecule has 0 saturated heterocycles. The van der Waals surface area contributed by atoms with E-state index in [2.05, 4.69) is 11.6 Å². The number of rotatable bonds is 11. The summed E-state index contributed by atoms with van der Waals surface area (Å²) in [7, 11) is 2.27. The third kappa shape index (κ3) is 7.11. The van der Waals surface area contributed by atoms with Crippen molar-refractivity contribution in [1.82, 2.24) is 5.32 Å². The van der Waals surface area contributed by atoms with E-state index in [-0.39, 0.29) is 11.7 Å². The van der Waals surface area contributed by atoms with Gasteiger partial charge >= 0.3 is 5.97 Å². The quantitative estimate of drug-likeness (QED) is 0.160. The fourth-order valence-electron chi connectivity index (χ4n) is 3.96. The van der Waals surface area contributed by atoms with Crippen LogP contribution in [0.25, 0.3) is 11.1 Å². The maximum absolute atomic E-state index is 13.2. The Morgan fingerprint density at radius 3 is 2.31 bits per heavy atom. The van der Waals surface area contributed by atoms with Gasteiger partial charge in [-0.3, -0.25) is 15.0 Å². The Morgan fingerprint density at radius 1 is 1.00 bits per heavy atom. The number of carbonyl (C=O) groups excluding carboxylic acids is 2. The molecule has 180 valence electrons. The molecule has 0 radical (unpaired) electrons. The number of esters is 1. The van der Waals surface area contributed by atoms with Gasteiger partial charge in [-0.1, -0.05) is 67.0 Å². The molecular formula is C28H30N3O3P. The van der Waals surface area contributed by atoms with E-state index in [1.165, 1.54) is 7.11 Å². The second-order valence-corrected chi connectivity index (χ2v) is 9.10. The second kappa shape index (κ2) is 12.6. The first-order valence-corrected chi connectivity index (χ1v) is 12.6. The van der Waals surface area contributed by atoms with Crippen molar-refractivity contribution in [2.75, 3.05) is 13.3 Å². The van der Waals surface area contributed by atoms with Crippen molar-refractivity contribution in [3.63, 3.8) is 0 Å². The van der Waals surface area contributed by atoms with Crippen molar-refractivity contribution in [1.29, 1.82) is 5.41 Å². The van der Waals surface area contributed by atoms with E-state index in [4.69, 9.17) is 15.9 Å². The number of hydrogen-bond donors (Lipinski definition) is 3. The Kier molecular flexibility index (Phi) is 9.33. The van der Waals surface area contributed by atoms with Crippen molar-refractivity contribution in [2.45, 2.75) is 18.9 Å². The standard InChI is InChI=1S/C28H30N3O3P/c1-34-28(33)24(18-19-7-6-10-23(17-19)26(29)30)25(15-16-35-2)31-27(32)22-13-11-21(12-14-22)20-8-4-3-5-9-20/h3-14,17,24-25H,2,15-16,18H2,1H3,(H3,29,30)(H,31,32)/t24-,25?/m1/s1. The summed E-state index contributed by atoms with van der Waals surface area (Å²) < 4.78 is 5.10. The highest BCUT2D eigenvalue weighted by atomic mass is 31.1. The molecule has 3 rings (SSSR count). The topological polar surface area (TPSA) is 105 Å². The van der Waals surface area contributed by atoms with Gasteiger partial charge in [-0.15, -0.1) is 8.20 Å². The van der Waals surface area contributed by atoms with Crippen molar-refractivity contribution >= 4 is 32.2 Å². The molecule has 0 aliphatic heterocycles. The number of nitrogen functional groups attached to an aromatic ring is 1. The molecule has 0 aliphatic carbocycles. The molecule has 1 unspecified atom stereocenters. The first-order valence-electron chi connectivity index (χ1n) is 11.3. The van der Waals surface area contributed by atoms with Gasteiger partial charge in [0, 0.05) is 17.2 Å². The molecule has 35 heavy (non-hydrogen) atoms. The van der Waals surface area contributed by atoms with Crippen molar-refractivity contribution in [2.24, 2.45) is 11.7 Å². The predicted molar refractivity (Wildman–Crippen MR) is 143 cm³/mol. The van der Waals surface area contributed by atoms with Crippen LogP contribution >= 0.6 is 8.20 Å². The number of carbonyl (C=O) groups is 2. The number of methoxy groups -OCH3 is 1. The van der Waals surface area contributed by atoms with Crippen LogP contribution in [0.2, 0.25) is 0 Å². The van der Waals surface area contributed by atoms with E-state index in [0.717, 1.165) is 31.1 Å². The maximum atomic E-state index is 13.2. The first-order chi connectivity index (χ1) is 16.9. The molecule has 0 spiro atoms. The highest BCUT2D eigenvalue weighted by Gasteiger charge is 2.31. The lowest BCUT2D eigenvalue weighted by Crippen LogP contribution is -2.45. The lowest BCUT2D eigenvalue weighted by atomic mass is 9.89. The number of nitrogens with one attached hydrogen (secondary N) is 2. The summed E-state index contributed by atoms with van der Waals surface area (Å²) in [5.41, 5.74) is 9.67. The van der Waals surface area contributed by atoms with Gasteiger partial charge in [-0.25, -0.2) is 0 Å². The number of ether oxygens (including phenoxy) is 1. The van der Waals surface area contributed by atoms with E-state index in [9.17, 15) is 9.59 Å². The minimum absolute atomic E-state index is 0.0406. The normalized spacial score (nSPS) is 12.5. The SMILES string of the molecule is C=PCCC(NC(=O)c1ccc(-c2ccccc2)cc1)[C@@H](Cc1cccc(C(=N)N)c1)C(=O)OC. The Morgan fingerprint density at radius 2 is 1.69 bits per heavy atom. The van der Waals surface area contributed by atoms with Crippen LogP contribution in [-0.2, 0) is 16.0 Å². The fourth-order valence-corrected chi connectivity index (χ4v) is 4.42. The first kappa shape index (κ1) is 25.9. The highest BCUT2D eigenvalue weighted by Crippen LogP contribution is 2.22. The number of benzene rings is 3. The lowest BCUT2D eigenvalue weighted by Gasteiger charge is -2.26. The Bertz CT molecular complexity index is 1180. The minimum atomic E-state index is -0.600. The molecule has 0 heterocycles. The van der Waals surface area contributed by atoms with E-state index in [0.29, 0.717) is 24.0 Å². The molecule has 0 saturated carbocycles. The van der Waals surface area contributed by atoms with Crippen LogP contribution in [0, 0.1) is 11.3 Å². The monoisotopic (exact) mass is 487 g/mol. The van der Waals surface area contributed by atoms with Crippen LogP contribution in [0.15, 0.2) is 78.9 Å². The van der Waals surface area contributed by atoms with Crippen LogP contribution in [0.5, 0.6) is 0 Å². The third-order valence-corrected chi connectivity index (χ3v) is 6.43. The average Bonchev–Trinajstić information content (AvgIpc) is 2.90. The van der Waals surface area contributed by atoms with Crippen molar-refractivity contribution in [3.05, 3.63) is 95.6 Å². The molecule has 0 bridgehead atoms. The molecule has 3 aromatic rings. The fraction of sp³-hybridized carbons (Fsp3) is 0.214. The summed E-state index contributed by atoms with van der Waals surface area (Å²) in [6.07, 6.45) is 5.52. The zero-order valence-corrected chi connectivity index (χ0v) is 20.6. The summed E-state index contributed by atoms with van der Waals surface area (Å²) in [5, 5.41) is 10.8. The summed E-state index contributed by atoms with van der Waals surface area (Å²) >= 11 is 0. The van der Waals surface area contributed by atoms with Gasteiger partial charge in [0.05, 0.1) is 13.0 Å². The van der Waals surface area contributed by atoms with E-state index < -0.39 is 17.9 Å². The lowest BCUT2D eigenvalue weighted by molar-refractivity contribution is -0.146. The van der Waals surface area contributed by atoms with Gasteiger partial charge in [0.15, 0.2) is 0 Å². The summed E-state index contributed by atoms with van der Waals surface area (Å²) in [6, 6.07) is 24.1. The van der Waals surface area contributed by atoms with Crippen LogP contribution in [0.4, 0.5) is 0 Å². The Labute approximate surface area is 207 Å². The summed E-state index contributed by atoms with van der Waals surface area (Å²) in [6.45, 7) is 0. The van der Waals surface area contributed by atoms with Crippen LogP contribution in [-0.4, -0.2) is 43.3 Å². The van der Waals surface area contributed by atoms with E-state index in [1.807, 2.05) is 48.5 Å². The third-order valence-electron chi connectivity index (χ3n) is 5.85. The van der Waals surface area contributed by atoms with Crippen LogP contribution in [0.3, 0.4) is 0 Å². The van der Waals surface area contributed by atoms with E-state index >= 15 is 0 Å². The molecular weight excluding hydrogens is 457 g/mol. The van der Waals surface area contributed by atoms with Gasteiger partial charge in [-0.2, -0.15) is 0 Å². The molecule has 6 nitrogen and oxygen atoms in total. The van der Waals surface area contributed by atoms with Crippen molar-refractivity contribution in [3.8, 4) is 11.1 Å². The van der Waals surface area contributed by atoms with Gasteiger partial charge in [-0.05, 0) is 53.9 Å². The number of nitrogens with two attached hydrogens (primary N) is 1. The number of amides is 1. The minimum Gasteiger partial charge on any atom is -0.469 e. The average molecular weight is 488 g/mol. The molecule has 0 aromatic heterocycles. The smallest absolute Gasteiger partial charge is 0.311 e. The van der Waals surface area contributed by atoms with Gasteiger partial charge in [0.25, 0.3) is 5.91 Å². The van der Waals surface area contributed by atoms with Gasteiger partial charge in [0.1, 0.15) is 5.84 Å². The zero-order valence-electron chi connectivity index (χ0n) is 19.7. The van der Waals surface area contributed by atoms with E-state index in [1.54, 1.807) is 30.3 Å². The molecule has 0 aliphatic rings. The molecule has 4 N–H and O–H groups in total. The molecule has 2 atom stereocenters. The van der Waals surface area contributed by atoms with Gasteiger partial charge < -0.3 is 15.8 Å². The van der Waals surface area contributed by atoms with Gasteiger partial charge in [0.2, 0.25) is 0 Å². The largest absolute Gasteiger partial charge is 0.469 e. The summed E-state index contributed by atoms with van der Waals surface area (Å²) in [4.78, 5) is 26.0. The molecule has 7 heteroatoms. The Balaban J connectivity index is 1.82. The van der Waals surface area contributed by atoms with Crippen molar-refractivity contribution < 1.29 is 14.3 Å². The van der Waals surface area contributed by atoms with Crippen LogP contribution < -0.4 is 11.1 Å². The highest BCUT2D eigenvalue weighted by molar-refractivity contribution is 7.36. The predicted octanol–water partition coefficient (Wildman–Crippen LogP) is 4.54. The second-order valence-electron chi connectivity index (χ2n) is 8.21. The number of amidine groups is 1. The van der Waals surface area contributed by atoms with Crippen LogP contribution in [0.1, 0.15) is 27.9 Å². The Hall–Kier alpha value is -3.76. The number of hydrogen-bond acceptors (Lipinski definition) is 4. The zero-order chi connectivity index (χ0) is 25.2. The molecule has 0 fully saturated rings. The molecule has 3 aromatic carbocycles.